The number of hydrogen-bond acceptors (Lipinski definition) is 8. The number of rotatable bonds is 10. The molecule has 32 heavy (non-hydrogen) atoms. The van der Waals surface area contributed by atoms with Gasteiger partial charge in [0.05, 0.1) is 17.3 Å². The zero-order valence-electron chi connectivity index (χ0n) is 18.4. The first-order valence-electron chi connectivity index (χ1n) is 11.1. The van der Waals surface area contributed by atoms with Gasteiger partial charge in [0.15, 0.2) is 5.82 Å². The summed E-state index contributed by atoms with van der Waals surface area (Å²) in [5, 5.41) is 9.86. The van der Waals surface area contributed by atoms with Crippen molar-refractivity contribution >= 4 is 23.1 Å². The van der Waals surface area contributed by atoms with E-state index in [2.05, 4.69) is 50.2 Å². The molecule has 0 amide bonds. The van der Waals surface area contributed by atoms with Crippen LogP contribution in [0.4, 0.5) is 5.82 Å². The first-order chi connectivity index (χ1) is 15.8. The third-order valence-corrected chi connectivity index (χ3v) is 5.80. The van der Waals surface area contributed by atoms with E-state index in [-0.39, 0.29) is 12.7 Å². The van der Waals surface area contributed by atoms with Gasteiger partial charge in [-0.15, -0.1) is 0 Å². The van der Waals surface area contributed by atoms with E-state index in [1.165, 1.54) is 18.4 Å². The fourth-order valence-electron chi connectivity index (χ4n) is 4.13. The third kappa shape index (κ3) is 5.45. The zero-order chi connectivity index (χ0) is 22.2. The molecule has 0 spiro atoms. The Morgan fingerprint density at radius 1 is 1.16 bits per heavy atom. The number of fused-ring (bicyclic) bond motifs is 1. The highest BCUT2D eigenvalue weighted by Gasteiger charge is 2.16. The summed E-state index contributed by atoms with van der Waals surface area (Å²) in [5.74, 6) is 1.28. The molecule has 1 aromatic carbocycles. The van der Waals surface area contributed by atoms with Gasteiger partial charge in [0.1, 0.15) is 18.4 Å². The normalized spacial score (nSPS) is 15.5. The fraction of sp³-hybridized carbons (Fsp3) is 0.417. The lowest BCUT2D eigenvalue weighted by molar-refractivity contribution is -0.113. The van der Waals surface area contributed by atoms with Crippen molar-refractivity contribution in [2.75, 3.05) is 45.2 Å². The molecule has 1 atom stereocenters. The van der Waals surface area contributed by atoms with Gasteiger partial charge in [-0.05, 0) is 50.5 Å². The molecule has 3 N–H and O–H groups in total. The van der Waals surface area contributed by atoms with Crippen molar-refractivity contribution in [3.05, 3.63) is 48.3 Å². The fourth-order valence-corrected chi connectivity index (χ4v) is 4.13. The molecule has 1 unspecified atom stereocenters. The topological polar surface area (TPSA) is 101 Å². The number of ether oxygens (including phenoxy) is 1. The molecule has 2 aromatic heterocycles. The summed E-state index contributed by atoms with van der Waals surface area (Å²) >= 11 is 0. The molecule has 0 aliphatic carbocycles. The van der Waals surface area contributed by atoms with Gasteiger partial charge in [0.2, 0.25) is 0 Å². The second-order valence-electron chi connectivity index (χ2n) is 7.99. The van der Waals surface area contributed by atoms with Crippen LogP contribution >= 0.6 is 0 Å². The van der Waals surface area contributed by atoms with Crippen LogP contribution in [0, 0.1) is 0 Å². The quantitative estimate of drug-likeness (QED) is 0.418. The number of piperidine rings is 1. The maximum Gasteiger partial charge on any atom is 0.154 e. The number of pyridine rings is 1. The van der Waals surface area contributed by atoms with E-state index in [1.54, 1.807) is 12.4 Å². The van der Waals surface area contributed by atoms with Gasteiger partial charge in [-0.25, -0.2) is 9.97 Å². The highest BCUT2D eigenvalue weighted by molar-refractivity contribution is 5.88. The third-order valence-electron chi connectivity index (χ3n) is 5.80. The van der Waals surface area contributed by atoms with Crippen molar-refractivity contribution < 1.29 is 9.53 Å². The average Bonchev–Trinajstić information content (AvgIpc) is 2.86. The molecule has 1 aliphatic rings. The summed E-state index contributed by atoms with van der Waals surface area (Å²) in [7, 11) is 1.85. The largest absolute Gasteiger partial charge is 0.368 e. The average molecular weight is 435 g/mol. The number of carbonyl (C=O) groups is 1. The van der Waals surface area contributed by atoms with Crippen molar-refractivity contribution in [3.63, 3.8) is 0 Å². The Morgan fingerprint density at radius 2 is 1.94 bits per heavy atom. The molecular formula is C24H30N6O2. The summed E-state index contributed by atoms with van der Waals surface area (Å²) in [6.07, 6.45) is 6.29. The van der Waals surface area contributed by atoms with Crippen LogP contribution in [-0.4, -0.2) is 67.2 Å². The first kappa shape index (κ1) is 22.3. The molecule has 1 saturated heterocycles. The van der Waals surface area contributed by atoms with Crippen molar-refractivity contribution in [2.45, 2.75) is 24.9 Å². The summed E-state index contributed by atoms with van der Waals surface area (Å²) < 4.78 is 5.59. The number of likely N-dealkylation sites (N-methyl/N-ethyl adjacent to an activating group) is 1. The molecule has 8 heteroatoms. The number of nitrogens with zero attached hydrogens (tertiary/aromatic N) is 3. The molecule has 1 fully saturated rings. The van der Waals surface area contributed by atoms with E-state index in [9.17, 15) is 4.79 Å². The standard InChI is InChI=1S/C24H30N6O2/c1-25-15-20(32-13-12-31)16-29-24-23-22(27-10-11-28-23)14-21(30-24)19-4-2-17(3-5-19)18-6-8-26-9-7-18/h2-5,10-12,14,18,20,25-26H,6-9,13,15-16H2,1H3,(H,29,30). The second kappa shape index (κ2) is 11.1. The monoisotopic (exact) mass is 434 g/mol. The molecule has 3 aromatic rings. The van der Waals surface area contributed by atoms with Crippen molar-refractivity contribution in [3.8, 4) is 11.3 Å². The van der Waals surface area contributed by atoms with Crippen LogP contribution in [0.1, 0.15) is 24.3 Å². The van der Waals surface area contributed by atoms with Gasteiger partial charge in [0, 0.05) is 31.0 Å². The Hall–Kier alpha value is -2.94. The molecule has 168 valence electrons. The summed E-state index contributed by atoms with van der Waals surface area (Å²) in [4.78, 5) is 24.5. The van der Waals surface area contributed by atoms with E-state index >= 15 is 0 Å². The van der Waals surface area contributed by atoms with Crippen LogP contribution in [0.3, 0.4) is 0 Å². The number of anilines is 1. The SMILES string of the molecule is CNCC(CNc1nc(-c2ccc(C3CCNCC3)cc2)cc2nccnc12)OCC=O. The molecule has 0 radical (unpaired) electrons. The second-order valence-corrected chi connectivity index (χ2v) is 7.99. The minimum atomic E-state index is -0.174. The van der Waals surface area contributed by atoms with Gasteiger partial charge in [0.25, 0.3) is 0 Å². The highest BCUT2D eigenvalue weighted by Crippen LogP contribution is 2.29. The summed E-state index contributed by atoms with van der Waals surface area (Å²) in [6.45, 7) is 3.33. The molecule has 0 saturated carbocycles. The maximum absolute atomic E-state index is 10.7. The molecule has 1 aliphatic heterocycles. The number of aldehydes is 1. The van der Waals surface area contributed by atoms with E-state index in [0.29, 0.717) is 30.3 Å². The number of carbonyl (C=O) groups excluding carboxylic acids is 1. The van der Waals surface area contributed by atoms with Gasteiger partial charge < -0.3 is 25.5 Å². The van der Waals surface area contributed by atoms with Crippen LogP contribution in [0.2, 0.25) is 0 Å². The maximum atomic E-state index is 10.7. The Kier molecular flexibility index (Phi) is 7.71. The number of aromatic nitrogens is 3. The van der Waals surface area contributed by atoms with Crippen molar-refractivity contribution in [2.24, 2.45) is 0 Å². The van der Waals surface area contributed by atoms with Gasteiger partial charge in [-0.2, -0.15) is 0 Å². The number of hydrogen-bond donors (Lipinski definition) is 3. The van der Waals surface area contributed by atoms with E-state index < -0.39 is 0 Å². The van der Waals surface area contributed by atoms with Gasteiger partial charge >= 0.3 is 0 Å². The van der Waals surface area contributed by atoms with Crippen LogP contribution in [-0.2, 0) is 9.53 Å². The van der Waals surface area contributed by atoms with E-state index in [1.807, 2.05) is 13.1 Å². The van der Waals surface area contributed by atoms with E-state index in [4.69, 9.17) is 9.72 Å². The first-order valence-corrected chi connectivity index (χ1v) is 11.1. The minimum absolute atomic E-state index is 0.0610. The lowest BCUT2D eigenvalue weighted by Gasteiger charge is -2.23. The highest BCUT2D eigenvalue weighted by atomic mass is 16.5. The number of nitrogens with one attached hydrogen (secondary N) is 3. The molecule has 4 rings (SSSR count). The molecule has 3 heterocycles. The minimum Gasteiger partial charge on any atom is -0.368 e. The van der Waals surface area contributed by atoms with E-state index in [0.717, 1.165) is 36.1 Å². The summed E-state index contributed by atoms with van der Waals surface area (Å²) in [6, 6.07) is 10.7. The lowest BCUT2D eigenvalue weighted by Crippen LogP contribution is -2.33. The summed E-state index contributed by atoms with van der Waals surface area (Å²) in [5.41, 5.74) is 4.76. The van der Waals surface area contributed by atoms with Crippen LogP contribution in [0.15, 0.2) is 42.7 Å². The predicted octanol–water partition coefficient (Wildman–Crippen LogP) is 2.37. The van der Waals surface area contributed by atoms with Gasteiger partial charge in [-0.1, -0.05) is 24.3 Å². The van der Waals surface area contributed by atoms with Crippen LogP contribution in [0.25, 0.3) is 22.3 Å². The number of benzene rings is 1. The Bertz CT molecular complexity index is 1020. The zero-order valence-corrected chi connectivity index (χ0v) is 18.4. The Balaban J connectivity index is 1.58. The predicted molar refractivity (Wildman–Crippen MR) is 126 cm³/mol. The molecular weight excluding hydrogens is 404 g/mol. The molecule has 8 nitrogen and oxygen atoms in total. The van der Waals surface area contributed by atoms with Crippen molar-refractivity contribution in [1.82, 2.24) is 25.6 Å². The van der Waals surface area contributed by atoms with Crippen LogP contribution in [0.5, 0.6) is 0 Å². The Morgan fingerprint density at radius 3 is 2.69 bits per heavy atom. The molecule has 0 bridgehead atoms. The van der Waals surface area contributed by atoms with Crippen molar-refractivity contribution in [1.29, 1.82) is 0 Å². The van der Waals surface area contributed by atoms with Gasteiger partial charge in [-0.3, -0.25) is 4.98 Å². The Labute approximate surface area is 188 Å². The lowest BCUT2D eigenvalue weighted by atomic mass is 9.89. The van der Waals surface area contributed by atoms with Crippen LogP contribution < -0.4 is 16.0 Å². The smallest absolute Gasteiger partial charge is 0.154 e.